The Kier molecular flexibility index (Phi) is 25.7. The van der Waals surface area contributed by atoms with E-state index in [1.807, 2.05) is 0 Å². The third kappa shape index (κ3) is 16.8. The first-order valence-corrected chi connectivity index (χ1v) is 24.4. The Labute approximate surface area is 444 Å². The number of nitrogens with two attached hydrogens (primary N) is 1. The van der Waals surface area contributed by atoms with Crippen molar-refractivity contribution in [3.63, 3.8) is 0 Å². The first kappa shape index (κ1) is 66.5. The quantitative estimate of drug-likeness (QED) is 0.0298. The Balaban J connectivity index is 1.67. The molecule has 4 fully saturated rings. The average molecular weight is 1140 g/mol. The highest BCUT2D eigenvalue weighted by molar-refractivity contribution is 5.76. The van der Waals surface area contributed by atoms with Gasteiger partial charge in [-0.15, -0.1) is 0 Å². The molecule has 22 N–H and O–H groups in total. The van der Waals surface area contributed by atoms with Crippen molar-refractivity contribution in [1.29, 1.82) is 0 Å². The van der Waals surface area contributed by atoms with Gasteiger partial charge in [-0.2, -0.15) is 0 Å². The van der Waals surface area contributed by atoms with Crippen LogP contribution in [0.3, 0.4) is 0 Å². The topological polar surface area (TPSA) is 549 Å². The third-order valence-corrected chi connectivity index (χ3v) is 12.7. The highest BCUT2D eigenvalue weighted by Crippen LogP contribution is 2.33. The Morgan fingerprint density at radius 3 is 1.46 bits per heavy atom. The molecular formula is C44H75N5O29. The normalized spacial score (nSPS) is 37.6. The van der Waals surface area contributed by atoms with E-state index in [0.29, 0.717) is 0 Å². The molecule has 0 aliphatic carbocycles. The van der Waals surface area contributed by atoms with Crippen LogP contribution in [0.1, 0.15) is 47.5 Å². The minimum absolute atomic E-state index is 0.533. The predicted octanol–water partition coefficient (Wildman–Crippen LogP) is -10.5. The number of hydrogen-bond donors (Lipinski definition) is 21. The standard InChI is InChI=1S/C44H75N5O29/c1-13-28(58)35(65)36(66)44(71-13)70-12-22-38(33(63)26(39(67)72-22)48-16(4)56)78-41(69)25(47-15(3)55)30(60)19(7-9-51)74-43-27(49-17(5)57)34(64)37(21(11-53)76-43)77-40(68)24(46-14(2)54)29(59)18(6-8-50)73-42-23(45)32(62)31(61)20(10-52)75-42/h13,18-23,26-28,31-44,50-53,58-69H,6-12,45H2,1-5H3,(H,46,54)(H,47,55)(H,48,56)(H,49,57)/b29-24-,30-25-. The molecule has 34 heteroatoms. The molecule has 78 heavy (non-hydrogen) atoms. The number of nitrogens with one attached hydrogen (secondary N) is 4. The van der Waals surface area contributed by atoms with Crippen molar-refractivity contribution in [2.45, 2.75) is 195 Å². The van der Waals surface area contributed by atoms with Gasteiger partial charge in [0.1, 0.15) is 120 Å². The van der Waals surface area contributed by atoms with Crippen LogP contribution in [-0.4, -0.2) is 286 Å². The van der Waals surface area contributed by atoms with Gasteiger partial charge >= 0.3 is 0 Å². The van der Waals surface area contributed by atoms with Crippen LogP contribution in [0.5, 0.6) is 0 Å². The molecule has 4 saturated heterocycles. The molecule has 4 heterocycles. The van der Waals surface area contributed by atoms with E-state index in [2.05, 4.69) is 21.3 Å². The summed E-state index contributed by atoms with van der Waals surface area (Å²) in [7, 11) is 0. The molecular weight excluding hydrogens is 1060 g/mol. The van der Waals surface area contributed by atoms with E-state index >= 15 is 0 Å². The maximum Gasteiger partial charge on any atom is 0.221 e. The molecule has 0 aromatic carbocycles. The van der Waals surface area contributed by atoms with Crippen LogP contribution in [0.25, 0.3) is 0 Å². The Bertz CT molecular complexity index is 2030. The molecule has 0 spiro atoms. The molecule has 24 atom stereocenters. The monoisotopic (exact) mass is 1140 g/mol. The van der Waals surface area contributed by atoms with Gasteiger partial charge in [0, 0.05) is 53.8 Å². The highest BCUT2D eigenvalue weighted by Gasteiger charge is 2.52. The van der Waals surface area contributed by atoms with Crippen molar-refractivity contribution in [3.05, 3.63) is 22.9 Å². The summed E-state index contributed by atoms with van der Waals surface area (Å²) in [6, 6.07) is -5.07. The van der Waals surface area contributed by atoms with Gasteiger partial charge in [0.05, 0.1) is 32.0 Å². The smallest absolute Gasteiger partial charge is 0.221 e. The zero-order chi connectivity index (χ0) is 58.6. The van der Waals surface area contributed by atoms with E-state index in [1.54, 1.807) is 0 Å². The lowest BCUT2D eigenvalue weighted by atomic mass is 9.96. The van der Waals surface area contributed by atoms with Crippen molar-refractivity contribution >= 4 is 23.6 Å². The van der Waals surface area contributed by atoms with Gasteiger partial charge in [0.25, 0.3) is 0 Å². The molecule has 0 aromatic rings. The van der Waals surface area contributed by atoms with Gasteiger partial charge in [-0.1, -0.05) is 0 Å². The molecule has 4 aliphatic rings. The molecule has 4 rings (SSSR count). The Morgan fingerprint density at radius 1 is 0.526 bits per heavy atom. The SMILES string of the molecule is CC(=O)N/C(=C(\O)C(CCO)OC1OC(CO)C(O)C(O)C1N)C(O)OC1C(CO)OC(OC(CCO)/C(O)=C(/NC(C)=O)C(O)OC2C(COC3OC(C)C(O)C(O)C3O)OC(O)C(NC(C)=O)C2O)C(NC(C)=O)C1O. The lowest BCUT2D eigenvalue weighted by Crippen LogP contribution is -2.66. The molecule has 34 nitrogen and oxygen atoms in total. The molecule has 4 amide bonds. The number of carbonyl (C=O) groups is 4. The second kappa shape index (κ2) is 30.2. The fourth-order valence-electron chi connectivity index (χ4n) is 8.70. The van der Waals surface area contributed by atoms with E-state index in [0.717, 1.165) is 27.7 Å². The summed E-state index contributed by atoms with van der Waals surface area (Å²) >= 11 is 0. The van der Waals surface area contributed by atoms with Gasteiger partial charge in [-0.25, -0.2) is 0 Å². The fourth-order valence-corrected chi connectivity index (χ4v) is 8.70. The summed E-state index contributed by atoms with van der Waals surface area (Å²) in [5.74, 6) is -5.89. The molecule has 4 aliphatic heterocycles. The highest BCUT2D eigenvalue weighted by atomic mass is 16.7. The number of hydrogen-bond acceptors (Lipinski definition) is 30. The van der Waals surface area contributed by atoms with Crippen LogP contribution < -0.4 is 27.0 Å². The molecule has 0 saturated carbocycles. The van der Waals surface area contributed by atoms with E-state index in [4.69, 9.17) is 48.4 Å². The summed E-state index contributed by atoms with van der Waals surface area (Å²) in [6.45, 7) is 0.824. The summed E-state index contributed by atoms with van der Waals surface area (Å²) in [6.07, 6.45) is -40.1. The van der Waals surface area contributed by atoms with Gasteiger partial charge < -0.3 is 151 Å². The largest absolute Gasteiger partial charge is 0.507 e. The zero-order valence-corrected chi connectivity index (χ0v) is 42.8. The van der Waals surface area contributed by atoms with Crippen LogP contribution in [0.15, 0.2) is 22.9 Å². The molecule has 0 radical (unpaired) electrons. The van der Waals surface area contributed by atoms with Crippen LogP contribution in [0, 0.1) is 0 Å². The molecule has 24 unspecified atom stereocenters. The van der Waals surface area contributed by atoms with Crippen molar-refractivity contribution < 1.29 is 144 Å². The first-order chi connectivity index (χ1) is 36.6. The number of aliphatic hydroxyl groups excluding tert-OH is 16. The second-order valence-corrected chi connectivity index (χ2v) is 18.7. The minimum atomic E-state index is -2.58. The summed E-state index contributed by atoms with van der Waals surface area (Å²) in [4.78, 5) is 49.7. The lowest BCUT2D eigenvalue weighted by molar-refractivity contribution is -0.321. The minimum Gasteiger partial charge on any atom is -0.507 e. The van der Waals surface area contributed by atoms with Gasteiger partial charge in [-0.05, 0) is 6.92 Å². The summed E-state index contributed by atoms with van der Waals surface area (Å²) in [5, 5.41) is 181. The van der Waals surface area contributed by atoms with Crippen molar-refractivity contribution in [1.82, 2.24) is 21.3 Å². The van der Waals surface area contributed by atoms with E-state index in [1.165, 1.54) is 6.92 Å². The Hall–Kier alpha value is -4.00. The Morgan fingerprint density at radius 2 is 0.987 bits per heavy atom. The summed E-state index contributed by atoms with van der Waals surface area (Å²) in [5.41, 5.74) is 4.09. The van der Waals surface area contributed by atoms with E-state index in [9.17, 15) is 101 Å². The van der Waals surface area contributed by atoms with Crippen molar-refractivity contribution in [3.8, 4) is 0 Å². The van der Waals surface area contributed by atoms with Crippen LogP contribution in [0.2, 0.25) is 0 Å². The lowest BCUT2D eigenvalue weighted by Gasteiger charge is -2.45. The van der Waals surface area contributed by atoms with Crippen LogP contribution in [-0.2, 0) is 61.8 Å². The van der Waals surface area contributed by atoms with Crippen molar-refractivity contribution in [2.24, 2.45) is 5.73 Å². The van der Waals surface area contributed by atoms with Crippen molar-refractivity contribution in [2.75, 3.05) is 33.0 Å². The predicted molar refractivity (Wildman–Crippen MR) is 250 cm³/mol. The number of carbonyl (C=O) groups excluding carboxylic acids is 4. The summed E-state index contributed by atoms with van der Waals surface area (Å²) < 4.78 is 50.8. The number of ether oxygens (including phenoxy) is 9. The maximum atomic E-state index is 12.6. The van der Waals surface area contributed by atoms with Crippen LogP contribution >= 0.6 is 0 Å². The number of rotatable bonds is 25. The van der Waals surface area contributed by atoms with E-state index in [-0.39, 0.29) is 0 Å². The molecule has 0 aromatic heterocycles. The van der Waals surface area contributed by atoms with Gasteiger partial charge in [-0.3, -0.25) is 19.2 Å². The fraction of sp³-hybridized carbons (Fsp3) is 0.818. The number of aliphatic hydroxyl groups is 16. The van der Waals surface area contributed by atoms with Gasteiger partial charge in [0.2, 0.25) is 23.6 Å². The average Bonchev–Trinajstić information content (AvgIpc) is 3.38. The van der Waals surface area contributed by atoms with E-state index < -0.39 is 240 Å². The molecule has 450 valence electrons. The second-order valence-electron chi connectivity index (χ2n) is 18.7. The molecule has 0 bridgehead atoms. The third-order valence-electron chi connectivity index (χ3n) is 12.7. The van der Waals surface area contributed by atoms with Gasteiger partial charge in [0.15, 0.2) is 37.7 Å². The zero-order valence-electron chi connectivity index (χ0n) is 42.8. The first-order valence-electron chi connectivity index (χ1n) is 24.4. The maximum absolute atomic E-state index is 12.6. The van der Waals surface area contributed by atoms with Crippen LogP contribution in [0.4, 0.5) is 0 Å². The number of amides is 4.